The van der Waals surface area contributed by atoms with E-state index in [0.29, 0.717) is 5.03 Å². The monoisotopic (exact) mass is 217 g/mol. The topological polar surface area (TPSA) is 12.0 Å². The molecule has 0 radical (unpaired) electrons. The molecule has 0 saturated carbocycles. The Morgan fingerprint density at radius 3 is 2.64 bits per heavy atom. The molecular formula is C10H10ClF2N. The molecule has 1 N–H and O–H groups in total. The van der Waals surface area contributed by atoms with Crippen LogP contribution in [0.5, 0.6) is 0 Å². The number of rotatable bonds is 3. The van der Waals surface area contributed by atoms with Crippen molar-refractivity contribution >= 4 is 17.3 Å². The fourth-order valence-electron chi connectivity index (χ4n) is 0.973. The molecule has 1 nitrogen and oxygen atoms in total. The van der Waals surface area contributed by atoms with E-state index in [1.54, 1.807) is 0 Å². The van der Waals surface area contributed by atoms with E-state index in [1.165, 1.54) is 6.92 Å². The van der Waals surface area contributed by atoms with Crippen LogP contribution in [-0.2, 0) is 0 Å². The number of hydrogen-bond acceptors (Lipinski definition) is 1. The second kappa shape index (κ2) is 4.42. The lowest BCUT2D eigenvalue weighted by Crippen LogP contribution is -2.04. The molecule has 0 spiro atoms. The van der Waals surface area contributed by atoms with Crippen LogP contribution in [0.2, 0.25) is 0 Å². The molecule has 0 aromatic heterocycles. The minimum absolute atomic E-state index is 0.0925. The Labute approximate surface area is 86.4 Å². The van der Waals surface area contributed by atoms with Crippen LogP contribution in [0.25, 0.3) is 0 Å². The molecule has 1 aromatic rings. The zero-order valence-corrected chi connectivity index (χ0v) is 8.46. The minimum atomic E-state index is -0.498. The lowest BCUT2D eigenvalue weighted by molar-refractivity contribution is 0.595. The van der Waals surface area contributed by atoms with Gasteiger partial charge >= 0.3 is 0 Å². The molecule has 0 heterocycles. The Morgan fingerprint density at radius 1 is 1.43 bits per heavy atom. The summed E-state index contributed by atoms with van der Waals surface area (Å²) >= 11 is 5.48. The van der Waals surface area contributed by atoms with E-state index in [0.717, 1.165) is 12.1 Å². The third kappa shape index (κ3) is 2.70. The van der Waals surface area contributed by atoms with Crippen LogP contribution >= 0.6 is 11.6 Å². The molecule has 4 heteroatoms. The highest BCUT2D eigenvalue weighted by Gasteiger charge is 2.06. The second-order valence-electron chi connectivity index (χ2n) is 2.95. The SMILES string of the molecule is C=C(Cl)CNc1cc(F)c(C)cc1F. The highest BCUT2D eigenvalue weighted by atomic mass is 35.5. The van der Waals surface area contributed by atoms with Gasteiger partial charge in [-0.15, -0.1) is 0 Å². The first-order chi connectivity index (χ1) is 6.50. The summed E-state index contributed by atoms with van der Waals surface area (Å²) in [5.41, 5.74) is 0.368. The van der Waals surface area contributed by atoms with Crippen LogP contribution in [0.1, 0.15) is 5.56 Å². The Morgan fingerprint density at radius 2 is 2.07 bits per heavy atom. The number of hydrogen-bond donors (Lipinski definition) is 1. The van der Waals surface area contributed by atoms with E-state index in [-0.39, 0.29) is 17.8 Å². The summed E-state index contributed by atoms with van der Waals surface area (Å²) < 4.78 is 26.2. The third-order valence-corrected chi connectivity index (χ3v) is 1.85. The molecule has 0 unspecified atom stereocenters. The van der Waals surface area contributed by atoms with Gasteiger partial charge in [0.15, 0.2) is 0 Å². The van der Waals surface area contributed by atoms with Crippen LogP contribution in [0.3, 0.4) is 0 Å². The quantitative estimate of drug-likeness (QED) is 0.818. The van der Waals surface area contributed by atoms with Gasteiger partial charge in [-0.25, -0.2) is 8.78 Å². The minimum Gasteiger partial charge on any atom is -0.378 e. The van der Waals surface area contributed by atoms with Gasteiger partial charge < -0.3 is 5.32 Å². The summed E-state index contributed by atoms with van der Waals surface area (Å²) in [5, 5.41) is 2.97. The van der Waals surface area contributed by atoms with E-state index in [4.69, 9.17) is 11.6 Å². The van der Waals surface area contributed by atoms with Crippen LogP contribution in [0.15, 0.2) is 23.7 Å². The number of anilines is 1. The van der Waals surface area contributed by atoms with Gasteiger partial charge in [-0.3, -0.25) is 0 Å². The molecule has 0 aliphatic heterocycles. The first-order valence-corrected chi connectivity index (χ1v) is 4.41. The second-order valence-corrected chi connectivity index (χ2v) is 3.49. The summed E-state index contributed by atoms with van der Waals surface area (Å²) in [6.45, 7) is 5.14. The van der Waals surface area contributed by atoms with E-state index in [9.17, 15) is 8.78 Å². The summed E-state index contributed by atoms with van der Waals surface area (Å²) in [4.78, 5) is 0. The van der Waals surface area contributed by atoms with Gasteiger partial charge in [-0.1, -0.05) is 18.2 Å². The van der Waals surface area contributed by atoms with Crippen LogP contribution in [0.4, 0.5) is 14.5 Å². The number of benzene rings is 1. The van der Waals surface area contributed by atoms with Crippen LogP contribution in [-0.4, -0.2) is 6.54 Å². The standard InChI is InChI=1S/C10H10ClF2N/c1-6-3-9(13)10(4-8(6)12)14-5-7(2)11/h3-4,14H,2,5H2,1H3. The van der Waals surface area contributed by atoms with Gasteiger partial charge in [0.25, 0.3) is 0 Å². The Kier molecular flexibility index (Phi) is 3.47. The molecule has 0 aliphatic carbocycles. The molecule has 0 amide bonds. The summed E-state index contributed by atoms with van der Waals surface area (Å²) in [6, 6.07) is 2.24. The number of aryl methyl sites for hydroxylation is 1. The van der Waals surface area contributed by atoms with Gasteiger partial charge in [-0.05, 0) is 18.6 Å². The van der Waals surface area contributed by atoms with Crippen LogP contribution < -0.4 is 5.32 Å². The van der Waals surface area contributed by atoms with Gasteiger partial charge in [0.1, 0.15) is 11.6 Å². The lowest BCUT2D eigenvalue weighted by Gasteiger charge is -2.07. The van der Waals surface area contributed by atoms with Crippen LogP contribution in [0, 0.1) is 18.6 Å². The molecular weight excluding hydrogens is 208 g/mol. The summed E-state index contributed by atoms with van der Waals surface area (Å²) in [7, 11) is 0. The maximum absolute atomic E-state index is 13.2. The van der Waals surface area contributed by atoms with Crippen molar-refractivity contribution in [1.29, 1.82) is 0 Å². The van der Waals surface area contributed by atoms with Crippen molar-refractivity contribution in [3.05, 3.63) is 40.9 Å². The van der Waals surface area contributed by atoms with Gasteiger partial charge in [0, 0.05) is 11.1 Å². The Bertz CT molecular complexity index is 363. The first-order valence-electron chi connectivity index (χ1n) is 4.03. The van der Waals surface area contributed by atoms with E-state index in [1.807, 2.05) is 0 Å². The zero-order valence-electron chi connectivity index (χ0n) is 7.70. The number of nitrogens with one attached hydrogen (secondary N) is 1. The van der Waals surface area contributed by atoms with Crippen molar-refractivity contribution in [1.82, 2.24) is 0 Å². The number of halogens is 3. The van der Waals surface area contributed by atoms with Gasteiger partial charge in [0.2, 0.25) is 0 Å². The molecule has 14 heavy (non-hydrogen) atoms. The highest BCUT2D eigenvalue weighted by Crippen LogP contribution is 2.19. The molecule has 0 atom stereocenters. The molecule has 1 aromatic carbocycles. The smallest absolute Gasteiger partial charge is 0.146 e. The molecule has 0 fully saturated rings. The predicted octanol–water partition coefficient (Wildman–Crippen LogP) is 3.44. The zero-order chi connectivity index (χ0) is 10.7. The van der Waals surface area contributed by atoms with Crippen molar-refractivity contribution in [3.63, 3.8) is 0 Å². The van der Waals surface area contributed by atoms with Gasteiger partial charge in [0.05, 0.1) is 12.2 Å². The van der Waals surface area contributed by atoms with Crippen molar-refractivity contribution in [2.75, 3.05) is 11.9 Å². The molecule has 1 rings (SSSR count). The summed E-state index contributed by atoms with van der Waals surface area (Å²) in [6.07, 6.45) is 0. The van der Waals surface area contributed by atoms with Crippen molar-refractivity contribution in [2.24, 2.45) is 0 Å². The van der Waals surface area contributed by atoms with Crippen molar-refractivity contribution in [3.8, 4) is 0 Å². The van der Waals surface area contributed by atoms with E-state index in [2.05, 4.69) is 11.9 Å². The largest absolute Gasteiger partial charge is 0.378 e. The maximum Gasteiger partial charge on any atom is 0.146 e. The predicted molar refractivity (Wildman–Crippen MR) is 54.6 cm³/mol. The van der Waals surface area contributed by atoms with E-state index < -0.39 is 11.6 Å². The van der Waals surface area contributed by atoms with E-state index >= 15 is 0 Å². The highest BCUT2D eigenvalue weighted by molar-refractivity contribution is 6.29. The first kappa shape index (κ1) is 11.0. The van der Waals surface area contributed by atoms with Crippen molar-refractivity contribution < 1.29 is 8.78 Å². The maximum atomic E-state index is 13.2. The Balaban J connectivity index is 2.87. The normalized spacial score (nSPS) is 10.0. The third-order valence-electron chi connectivity index (χ3n) is 1.72. The molecule has 0 bridgehead atoms. The van der Waals surface area contributed by atoms with Crippen molar-refractivity contribution in [2.45, 2.75) is 6.92 Å². The Hall–Kier alpha value is -1.09. The fraction of sp³-hybridized carbons (Fsp3) is 0.200. The summed E-state index contributed by atoms with van der Waals surface area (Å²) in [5.74, 6) is -0.948. The average molecular weight is 218 g/mol. The molecule has 0 aliphatic rings. The fourth-order valence-corrected chi connectivity index (χ4v) is 1.04. The average Bonchev–Trinajstić information content (AvgIpc) is 2.09. The van der Waals surface area contributed by atoms with Gasteiger partial charge in [-0.2, -0.15) is 0 Å². The lowest BCUT2D eigenvalue weighted by atomic mass is 10.2. The molecule has 0 saturated heterocycles. The molecule has 76 valence electrons.